The molecule has 1 heterocycles. The van der Waals surface area contributed by atoms with Crippen molar-refractivity contribution in [1.29, 1.82) is 0 Å². The summed E-state index contributed by atoms with van der Waals surface area (Å²) in [7, 11) is 0. The predicted octanol–water partition coefficient (Wildman–Crippen LogP) is 5.22. The van der Waals surface area contributed by atoms with Crippen LogP contribution in [0.25, 0.3) is 0 Å². The van der Waals surface area contributed by atoms with Gasteiger partial charge >= 0.3 is 0 Å². The zero-order valence-electron chi connectivity index (χ0n) is 16.1. The second-order valence-electron chi connectivity index (χ2n) is 6.47. The van der Waals surface area contributed by atoms with Crippen LogP contribution in [0.1, 0.15) is 21.6 Å². The molecule has 158 valence electrons. The fourth-order valence-electron chi connectivity index (χ4n) is 2.45. The summed E-state index contributed by atoms with van der Waals surface area (Å²) in [6.45, 7) is 2.01. The molecule has 0 radical (unpaired) electrons. The fraction of sp³-hybridized carbons (Fsp3) is 0.238. The summed E-state index contributed by atoms with van der Waals surface area (Å²) in [5.74, 6) is 0.914. The lowest BCUT2D eigenvalue weighted by atomic mass is 10.1. The minimum atomic E-state index is -0.888. The second kappa shape index (κ2) is 11.0. The van der Waals surface area contributed by atoms with E-state index in [0.29, 0.717) is 21.4 Å². The highest BCUT2D eigenvalue weighted by atomic mass is 35.5. The monoisotopic (exact) mass is 482 g/mol. The molecule has 0 saturated heterocycles. The lowest BCUT2D eigenvalue weighted by molar-refractivity contribution is 0.0844. The second-order valence-corrected chi connectivity index (χ2v) is 9.33. The van der Waals surface area contributed by atoms with Gasteiger partial charge in [-0.05, 0) is 36.8 Å². The Labute approximate surface area is 193 Å². The number of aliphatic hydroxyl groups is 1. The number of rotatable bonds is 9. The molecule has 0 aliphatic rings. The van der Waals surface area contributed by atoms with E-state index in [4.69, 9.17) is 27.9 Å². The minimum Gasteiger partial charge on any atom is -0.489 e. The maximum atomic E-state index is 12.3. The van der Waals surface area contributed by atoms with Crippen LogP contribution in [0.15, 0.2) is 52.2 Å². The van der Waals surface area contributed by atoms with Gasteiger partial charge in [0.25, 0.3) is 5.91 Å². The first-order valence-electron chi connectivity index (χ1n) is 9.09. The van der Waals surface area contributed by atoms with E-state index in [2.05, 4.69) is 10.3 Å². The molecule has 0 aliphatic heterocycles. The SMILES string of the molecule is Cc1csc(SCc2ccc(C(=O)NCC(O)COc3cccc(Cl)c3Cl)cc2)n1. The molecular weight excluding hydrogens is 463 g/mol. The molecule has 0 fully saturated rings. The van der Waals surface area contributed by atoms with Crippen LogP contribution >= 0.6 is 46.3 Å². The van der Waals surface area contributed by atoms with Gasteiger partial charge < -0.3 is 15.2 Å². The first-order chi connectivity index (χ1) is 14.4. The summed E-state index contributed by atoms with van der Waals surface area (Å²) in [5.41, 5.74) is 2.66. The molecule has 0 aliphatic carbocycles. The number of hydrogen-bond acceptors (Lipinski definition) is 6. The highest BCUT2D eigenvalue weighted by Gasteiger charge is 2.12. The summed E-state index contributed by atoms with van der Waals surface area (Å²) in [5, 5.41) is 15.5. The molecule has 1 atom stereocenters. The van der Waals surface area contributed by atoms with Gasteiger partial charge in [-0.3, -0.25) is 4.79 Å². The van der Waals surface area contributed by atoms with E-state index in [1.54, 1.807) is 53.4 Å². The molecule has 3 rings (SSSR count). The van der Waals surface area contributed by atoms with Gasteiger partial charge in [0.05, 0.1) is 5.02 Å². The number of ether oxygens (including phenoxy) is 1. The number of halogens is 2. The van der Waals surface area contributed by atoms with Gasteiger partial charge in [0, 0.05) is 28.9 Å². The van der Waals surface area contributed by atoms with Crippen molar-refractivity contribution in [3.8, 4) is 5.75 Å². The Kier molecular flexibility index (Phi) is 8.41. The number of thioether (sulfide) groups is 1. The average Bonchev–Trinajstić information content (AvgIpc) is 3.17. The third-order valence-electron chi connectivity index (χ3n) is 4.02. The van der Waals surface area contributed by atoms with Gasteiger partial charge in [-0.2, -0.15) is 0 Å². The van der Waals surface area contributed by atoms with Crippen LogP contribution in [0.4, 0.5) is 0 Å². The number of amides is 1. The summed E-state index contributed by atoms with van der Waals surface area (Å²) in [6, 6.07) is 12.4. The van der Waals surface area contributed by atoms with Crippen LogP contribution in [-0.4, -0.2) is 35.3 Å². The van der Waals surface area contributed by atoms with Crippen LogP contribution in [-0.2, 0) is 5.75 Å². The van der Waals surface area contributed by atoms with Gasteiger partial charge in [0.15, 0.2) is 0 Å². The molecule has 0 spiro atoms. The summed E-state index contributed by atoms with van der Waals surface area (Å²) < 4.78 is 6.51. The van der Waals surface area contributed by atoms with Gasteiger partial charge in [-0.15, -0.1) is 11.3 Å². The van der Waals surface area contributed by atoms with Crippen molar-refractivity contribution in [2.24, 2.45) is 0 Å². The van der Waals surface area contributed by atoms with Gasteiger partial charge in [-0.1, -0.05) is 53.2 Å². The number of aryl methyl sites for hydroxylation is 1. The smallest absolute Gasteiger partial charge is 0.251 e. The molecule has 2 N–H and O–H groups in total. The molecule has 1 amide bonds. The quantitative estimate of drug-likeness (QED) is 0.409. The van der Waals surface area contributed by atoms with Gasteiger partial charge in [0.2, 0.25) is 0 Å². The largest absolute Gasteiger partial charge is 0.489 e. The molecule has 5 nitrogen and oxygen atoms in total. The summed E-state index contributed by atoms with van der Waals surface area (Å²) >= 11 is 15.3. The number of aromatic nitrogens is 1. The average molecular weight is 483 g/mol. The topological polar surface area (TPSA) is 71.5 Å². The number of carbonyl (C=O) groups excluding carboxylic acids is 1. The lowest BCUT2D eigenvalue weighted by Crippen LogP contribution is -2.35. The van der Waals surface area contributed by atoms with E-state index < -0.39 is 6.10 Å². The molecule has 0 saturated carbocycles. The zero-order chi connectivity index (χ0) is 21.5. The standard InChI is InChI=1S/C21H20Cl2N2O3S2/c1-13-11-29-21(25-13)30-12-14-5-7-15(8-6-14)20(27)24-9-16(26)10-28-18-4-2-3-17(22)19(18)23/h2-8,11,16,26H,9-10,12H2,1H3,(H,24,27). The maximum Gasteiger partial charge on any atom is 0.251 e. The Morgan fingerprint density at radius 1 is 1.27 bits per heavy atom. The Bertz CT molecular complexity index is 996. The Morgan fingerprint density at radius 2 is 2.03 bits per heavy atom. The van der Waals surface area contributed by atoms with Crippen molar-refractivity contribution in [2.75, 3.05) is 13.2 Å². The van der Waals surface area contributed by atoms with Crippen molar-refractivity contribution in [1.82, 2.24) is 10.3 Å². The van der Waals surface area contributed by atoms with E-state index >= 15 is 0 Å². The van der Waals surface area contributed by atoms with Crippen LogP contribution in [0.2, 0.25) is 10.0 Å². The summed E-state index contributed by atoms with van der Waals surface area (Å²) in [4.78, 5) is 16.7. The number of nitrogens with one attached hydrogen (secondary N) is 1. The molecule has 1 unspecified atom stereocenters. The molecule has 30 heavy (non-hydrogen) atoms. The molecule has 3 aromatic rings. The maximum absolute atomic E-state index is 12.3. The highest BCUT2D eigenvalue weighted by molar-refractivity contribution is 8.00. The third-order valence-corrected chi connectivity index (χ3v) is 7.03. The van der Waals surface area contributed by atoms with Gasteiger partial charge in [0.1, 0.15) is 27.8 Å². The number of carbonyl (C=O) groups is 1. The number of thiazole rings is 1. The van der Waals surface area contributed by atoms with Crippen LogP contribution in [0.5, 0.6) is 5.75 Å². The Balaban J connectivity index is 1.43. The van der Waals surface area contributed by atoms with Crippen LogP contribution < -0.4 is 10.1 Å². The number of nitrogens with zero attached hydrogens (tertiary/aromatic N) is 1. The first kappa shape index (κ1) is 22.9. The third kappa shape index (κ3) is 6.62. The molecule has 2 aromatic carbocycles. The Morgan fingerprint density at radius 3 is 2.73 bits per heavy atom. The minimum absolute atomic E-state index is 0.0211. The normalized spacial score (nSPS) is 11.9. The first-order valence-corrected chi connectivity index (χ1v) is 11.7. The van der Waals surface area contributed by atoms with E-state index in [1.165, 1.54) is 0 Å². The van der Waals surface area contributed by atoms with E-state index in [0.717, 1.165) is 21.3 Å². The van der Waals surface area contributed by atoms with E-state index in [1.807, 2.05) is 24.4 Å². The number of benzene rings is 2. The van der Waals surface area contributed by atoms with Crippen molar-refractivity contribution in [3.05, 3.63) is 74.7 Å². The van der Waals surface area contributed by atoms with Crippen molar-refractivity contribution in [2.45, 2.75) is 23.1 Å². The molecule has 0 bridgehead atoms. The van der Waals surface area contributed by atoms with E-state index in [-0.39, 0.29) is 19.1 Å². The molecular formula is C21H20Cl2N2O3S2. The molecule has 1 aromatic heterocycles. The Hall–Kier alpha value is -1.77. The van der Waals surface area contributed by atoms with E-state index in [9.17, 15) is 9.90 Å². The fourth-order valence-corrected chi connectivity index (χ4v) is 4.60. The van der Waals surface area contributed by atoms with Gasteiger partial charge in [-0.25, -0.2) is 4.98 Å². The summed E-state index contributed by atoms with van der Waals surface area (Å²) in [6.07, 6.45) is -0.888. The van der Waals surface area contributed by atoms with Crippen LogP contribution in [0.3, 0.4) is 0 Å². The predicted molar refractivity (Wildman–Crippen MR) is 123 cm³/mol. The zero-order valence-corrected chi connectivity index (χ0v) is 19.2. The van der Waals surface area contributed by atoms with Crippen molar-refractivity contribution in [3.63, 3.8) is 0 Å². The molecule has 9 heteroatoms. The van der Waals surface area contributed by atoms with Crippen LogP contribution in [0, 0.1) is 6.92 Å². The highest BCUT2D eigenvalue weighted by Crippen LogP contribution is 2.31. The number of hydrogen-bond donors (Lipinski definition) is 2. The van der Waals surface area contributed by atoms with Crippen molar-refractivity contribution >= 4 is 52.2 Å². The lowest BCUT2D eigenvalue weighted by Gasteiger charge is -2.14. The number of aliphatic hydroxyl groups excluding tert-OH is 1. The van der Waals surface area contributed by atoms with Crippen molar-refractivity contribution < 1.29 is 14.6 Å².